The minimum atomic E-state index is -0.473. The van der Waals surface area contributed by atoms with Crippen LogP contribution in [0.5, 0.6) is 0 Å². The number of fused-ring (bicyclic) bond motifs is 2. The Morgan fingerprint density at radius 1 is 1.00 bits per heavy atom. The number of nitrogens with one attached hydrogen (secondary N) is 1. The van der Waals surface area contributed by atoms with Crippen molar-refractivity contribution in [3.63, 3.8) is 0 Å². The van der Waals surface area contributed by atoms with Gasteiger partial charge in [-0.1, -0.05) is 41.7 Å². The van der Waals surface area contributed by atoms with Crippen molar-refractivity contribution in [1.29, 1.82) is 0 Å². The maximum absolute atomic E-state index is 13.4. The van der Waals surface area contributed by atoms with Crippen LogP contribution >= 0.6 is 11.3 Å². The lowest BCUT2D eigenvalue weighted by Gasteiger charge is -2.06. The molecule has 5 nitrogen and oxygen atoms in total. The molecule has 0 fully saturated rings. The summed E-state index contributed by atoms with van der Waals surface area (Å²) >= 11 is 1.19. The predicted octanol–water partition coefficient (Wildman–Crippen LogP) is 5.46. The molecule has 0 saturated carbocycles. The molecule has 3 aromatic carbocycles. The van der Waals surface area contributed by atoms with Gasteiger partial charge in [0.05, 0.1) is 15.8 Å². The van der Waals surface area contributed by atoms with Crippen LogP contribution in [0.3, 0.4) is 0 Å². The Morgan fingerprint density at radius 2 is 1.87 bits per heavy atom. The second kappa shape index (κ2) is 7.20. The second-order valence-electron chi connectivity index (χ2n) is 6.65. The van der Waals surface area contributed by atoms with Crippen molar-refractivity contribution in [3.05, 3.63) is 94.6 Å². The number of aromatic nitrogens is 1. The number of hydrogen-bond donors (Lipinski definition) is 1. The number of rotatable bonds is 3. The SMILES string of the molecule is O=C(Nc1nc2ccc(F)cc2s1)c1cccc(-c2cc3ccccc3oc2=O)c1. The summed E-state index contributed by atoms with van der Waals surface area (Å²) < 4.78 is 19.4. The summed E-state index contributed by atoms with van der Waals surface area (Å²) in [6.07, 6.45) is 0. The maximum Gasteiger partial charge on any atom is 0.344 e. The molecular formula is C23H13FN2O3S. The van der Waals surface area contributed by atoms with Crippen LogP contribution in [0.15, 0.2) is 82.0 Å². The van der Waals surface area contributed by atoms with Crippen LogP contribution in [-0.2, 0) is 0 Å². The second-order valence-corrected chi connectivity index (χ2v) is 7.68. The monoisotopic (exact) mass is 416 g/mol. The van der Waals surface area contributed by atoms with Crippen molar-refractivity contribution in [2.75, 3.05) is 5.32 Å². The molecule has 1 N–H and O–H groups in total. The highest BCUT2D eigenvalue weighted by molar-refractivity contribution is 7.22. The summed E-state index contributed by atoms with van der Waals surface area (Å²) in [6, 6.07) is 20.0. The zero-order valence-corrected chi connectivity index (χ0v) is 16.2. The first-order valence-corrected chi connectivity index (χ1v) is 9.89. The van der Waals surface area contributed by atoms with Crippen molar-refractivity contribution in [2.45, 2.75) is 0 Å². The Labute approximate surface area is 173 Å². The zero-order chi connectivity index (χ0) is 20.7. The number of benzene rings is 3. The molecule has 0 aliphatic rings. The van der Waals surface area contributed by atoms with E-state index in [-0.39, 0.29) is 11.7 Å². The molecule has 0 unspecified atom stereocenters. The summed E-state index contributed by atoms with van der Waals surface area (Å²) in [5.41, 5.74) is 1.96. The van der Waals surface area contributed by atoms with Gasteiger partial charge in [-0.25, -0.2) is 14.2 Å². The number of anilines is 1. The number of hydrogen-bond acceptors (Lipinski definition) is 5. The highest BCUT2D eigenvalue weighted by atomic mass is 32.1. The number of amides is 1. The summed E-state index contributed by atoms with van der Waals surface area (Å²) in [4.78, 5) is 29.4. The molecule has 5 rings (SSSR count). The normalized spacial score (nSPS) is 11.1. The third-order valence-electron chi connectivity index (χ3n) is 4.65. The molecule has 0 bridgehead atoms. The van der Waals surface area contributed by atoms with Gasteiger partial charge in [0.15, 0.2) is 5.13 Å². The van der Waals surface area contributed by atoms with E-state index in [1.807, 2.05) is 12.1 Å². The van der Waals surface area contributed by atoms with Crippen LogP contribution in [0.4, 0.5) is 9.52 Å². The average molecular weight is 416 g/mol. The molecule has 0 saturated heterocycles. The molecule has 0 aliphatic carbocycles. The summed E-state index contributed by atoms with van der Waals surface area (Å²) in [5.74, 6) is -0.729. The molecule has 5 aromatic rings. The van der Waals surface area contributed by atoms with Gasteiger partial charge >= 0.3 is 5.63 Å². The van der Waals surface area contributed by atoms with Gasteiger partial charge in [-0.05, 0) is 48.0 Å². The zero-order valence-electron chi connectivity index (χ0n) is 15.4. The standard InChI is InChI=1S/C23H13FN2O3S/c24-16-8-9-18-20(12-16)30-23(25-18)26-21(27)15-6-3-5-13(10-15)17-11-14-4-1-2-7-19(14)29-22(17)28/h1-12H,(H,25,26,27). The molecule has 30 heavy (non-hydrogen) atoms. The molecule has 1 amide bonds. The van der Waals surface area contributed by atoms with Crippen molar-refractivity contribution < 1.29 is 13.6 Å². The first kappa shape index (κ1) is 18.2. The Bertz CT molecular complexity index is 1490. The first-order valence-electron chi connectivity index (χ1n) is 9.08. The van der Waals surface area contributed by atoms with Gasteiger partial charge in [0, 0.05) is 10.9 Å². The molecule has 7 heteroatoms. The lowest BCUT2D eigenvalue weighted by atomic mass is 10.0. The van der Waals surface area contributed by atoms with Crippen LogP contribution < -0.4 is 10.9 Å². The van der Waals surface area contributed by atoms with Gasteiger partial charge in [-0.2, -0.15) is 0 Å². The highest BCUT2D eigenvalue weighted by Gasteiger charge is 2.13. The van der Waals surface area contributed by atoms with Gasteiger partial charge in [0.25, 0.3) is 5.91 Å². The van der Waals surface area contributed by atoms with Crippen LogP contribution in [0.1, 0.15) is 10.4 Å². The Balaban J connectivity index is 1.47. The van der Waals surface area contributed by atoms with E-state index in [1.54, 1.807) is 48.5 Å². The van der Waals surface area contributed by atoms with Crippen LogP contribution in [0, 0.1) is 5.82 Å². The fourth-order valence-corrected chi connectivity index (χ4v) is 4.10. The van der Waals surface area contributed by atoms with Gasteiger partial charge in [0.2, 0.25) is 0 Å². The minimum Gasteiger partial charge on any atom is -0.422 e. The molecule has 0 spiro atoms. The summed E-state index contributed by atoms with van der Waals surface area (Å²) in [5, 5.41) is 3.90. The average Bonchev–Trinajstić information content (AvgIpc) is 3.14. The lowest BCUT2D eigenvalue weighted by Crippen LogP contribution is -2.12. The number of para-hydroxylation sites is 1. The van der Waals surface area contributed by atoms with Gasteiger partial charge in [0.1, 0.15) is 11.4 Å². The van der Waals surface area contributed by atoms with Crippen LogP contribution in [0.2, 0.25) is 0 Å². The molecule has 0 radical (unpaired) electrons. The van der Waals surface area contributed by atoms with E-state index in [9.17, 15) is 14.0 Å². The largest absolute Gasteiger partial charge is 0.422 e. The lowest BCUT2D eigenvalue weighted by molar-refractivity contribution is 0.102. The van der Waals surface area contributed by atoms with E-state index < -0.39 is 5.63 Å². The quantitative estimate of drug-likeness (QED) is 0.396. The van der Waals surface area contributed by atoms with Gasteiger partial charge < -0.3 is 4.42 Å². The number of nitrogens with zero attached hydrogens (tertiary/aromatic N) is 1. The fourth-order valence-electron chi connectivity index (χ4n) is 3.21. The topological polar surface area (TPSA) is 72.2 Å². The van der Waals surface area contributed by atoms with E-state index in [2.05, 4.69) is 10.3 Å². The van der Waals surface area contributed by atoms with Crippen LogP contribution in [-0.4, -0.2) is 10.9 Å². The third kappa shape index (κ3) is 3.35. The van der Waals surface area contributed by atoms with E-state index >= 15 is 0 Å². The fraction of sp³-hybridized carbons (Fsp3) is 0. The number of thiazole rings is 1. The van der Waals surface area contributed by atoms with Gasteiger partial charge in [-0.15, -0.1) is 0 Å². The first-order chi connectivity index (χ1) is 14.6. The van der Waals surface area contributed by atoms with Crippen molar-refractivity contribution in [2.24, 2.45) is 0 Å². The molecular weight excluding hydrogens is 403 g/mol. The predicted molar refractivity (Wildman–Crippen MR) is 115 cm³/mol. The molecule has 2 aromatic heterocycles. The molecule has 0 aliphatic heterocycles. The molecule has 2 heterocycles. The molecule has 146 valence electrons. The number of carbonyl (C=O) groups excluding carboxylic acids is 1. The van der Waals surface area contributed by atoms with Crippen molar-refractivity contribution in [3.8, 4) is 11.1 Å². The minimum absolute atomic E-state index is 0.356. The van der Waals surface area contributed by atoms with Crippen molar-refractivity contribution in [1.82, 2.24) is 4.98 Å². The van der Waals surface area contributed by atoms with E-state index in [4.69, 9.17) is 4.42 Å². The summed E-state index contributed by atoms with van der Waals surface area (Å²) in [6.45, 7) is 0. The third-order valence-corrected chi connectivity index (χ3v) is 5.58. The maximum atomic E-state index is 13.4. The highest BCUT2D eigenvalue weighted by Crippen LogP contribution is 2.27. The van der Waals surface area contributed by atoms with Crippen LogP contribution in [0.25, 0.3) is 32.3 Å². The van der Waals surface area contributed by atoms with E-state index in [0.717, 1.165) is 5.39 Å². The van der Waals surface area contributed by atoms with E-state index in [0.29, 0.717) is 37.6 Å². The van der Waals surface area contributed by atoms with Crippen molar-refractivity contribution >= 4 is 43.6 Å². The summed E-state index contributed by atoms with van der Waals surface area (Å²) in [7, 11) is 0. The van der Waals surface area contributed by atoms with Gasteiger partial charge in [-0.3, -0.25) is 10.1 Å². The smallest absolute Gasteiger partial charge is 0.344 e. The Hall–Kier alpha value is -3.84. The molecule has 0 atom stereocenters. The Morgan fingerprint density at radius 3 is 2.77 bits per heavy atom. The Kier molecular flexibility index (Phi) is 4.37. The van der Waals surface area contributed by atoms with E-state index in [1.165, 1.54) is 23.5 Å². The number of halogens is 1. The number of carbonyl (C=O) groups is 1.